The monoisotopic (exact) mass is 476 g/mol. The van der Waals surface area contributed by atoms with E-state index in [0.29, 0.717) is 42.5 Å². The Morgan fingerprint density at radius 3 is 2.06 bits per heavy atom. The van der Waals surface area contributed by atoms with Crippen molar-refractivity contribution >= 4 is 39.2 Å². The lowest BCUT2D eigenvalue weighted by atomic mass is 10.2. The molecule has 10 heteroatoms. The van der Waals surface area contributed by atoms with Crippen LogP contribution in [0.25, 0.3) is 0 Å². The Hall–Kier alpha value is -2.78. The molecule has 0 bridgehead atoms. The van der Waals surface area contributed by atoms with Crippen LogP contribution < -0.4 is 4.72 Å². The normalized spacial score (nSPS) is 16.8. The molecule has 0 aromatic heterocycles. The van der Waals surface area contributed by atoms with Gasteiger partial charge in [0, 0.05) is 55.5 Å². The Morgan fingerprint density at radius 2 is 1.41 bits per heavy atom. The van der Waals surface area contributed by atoms with E-state index in [1.807, 2.05) is 4.90 Å². The minimum atomic E-state index is -3.86. The number of piperazine rings is 1. The van der Waals surface area contributed by atoms with Gasteiger partial charge in [-0.3, -0.25) is 9.52 Å². The van der Waals surface area contributed by atoms with Crippen molar-refractivity contribution in [3.05, 3.63) is 59.1 Å². The molecule has 0 unspecified atom stereocenters. The van der Waals surface area contributed by atoms with Gasteiger partial charge in [0.05, 0.1) is 4.90 Å². The molecule has 1 N–H and O–H groups in total. The second-order valence-electron chi connectivity index (χ2n) is 7.90. The number of urea groups is 1. The third kappa shape index (κ3) is 4.99. The number of sulfonamides is 1. The number of anilines is 1. The maximum Gasteiger partial charge on any atom is 0.320 e. The zero-order chi connectivity index (χ0) is 22.7. The molecule has 2 aromatic carbocycles. The van der Waals surface area contributed by atoms with Crippen LogP contribution in [0.5, 0.6) is 0 Å². The molecule has 170 valence electrons. The number of hydrogen-bond donors (Lipinski definition) is 1. The lowest BCUT2D eigenvalue weighted by molar-refractivity contribution is 0.0644. The quantitative estimate of drug-likeness (QED) is 0.734. The minimum absolute atomic E-state index is 0.00106. The van der Waals surface area contributed by atoms with Crippen molar-refractivity contribution in [2.45, 2.75) is 17.7 Å². The molecule has 4 rings (SSSR count). The standard InChI is InChI=1S/C22H25ClN4O4S/c23-18-6-8-19(9-7-18)24-32(30,31)20-5-3-4-17(16-20)21(28)25-12-14-27(15-13-25)22(29)26-10-1-2-11-26/h3-9,16,24H,1-2,10-15H2. The zero-order valence-corrected chi connectivity index (χ0v) is 19.1. The van der Waals surface area contributed by atoms with Gasteiger partial charge < -0.3 is 14.7 Å². The zero-order valence-electron chi connectivity index (χ0n) is 17.5. The van der Waals surface area contributed by atoms with Crippen LogP contribution in [-0.4, -0.2) is 74.3 Å². The fourth-order valence-corrected chi connectivity index (χ4v) is 5.15. The second-order valence-corrected chi connectivity index (χ2v) is 10.0. The van der Waals surface area contributed by atoms with Crippen molar-refractivity contribution in [1.82, 2.24) is 14.7 Å². The van der Waals surface area contributed by atoms with E-state index in [2.05, 4.69) is 4.72 Å². The Bertz CT molecular complexity index is 1090. The lowest BCUT2D eigenvalue weighted by Gasteiger charge is -2.36. The first kappa shape index (κ1) is 22.4. The summed E-state index contributed by atoms with van der Waals surface area (Å²) in [7, 11) is -3.86. The molecule has 8 nitrogen and oxygen atoms in total. The van der Waals surface area contributed by atoms with Gasteiger partial charge in [0.2, 0.25) is 0 Å². The molecule has 0 atom stereocenters. The molecule has 32 heavy (non-hydrogen) atoms. The molecule has 0 aliphatic carbocycles. The highest BCUT2D eigenvalue weighted by Gasteiger charge is 2.29. The molecular formula is C22H25ClN4O4S. The molecular weight excluding hydrogens is 452 g/mol. The summed E-state index contributed by atoms with van der Waals surface area (Å²) in [6.45, 7) is 3.36. The molecule has 3 amide bonds. The highest BCUT2D eigenvalue weighted by molar-refractivity contribution is 7.92. The van der Waals surface area contributed by atoms with Crippen molar-refractivity contribution in [2.24, 2.45) is 0 Å². The van der Waals surface area contributed by atoms with E-state index in [9.17, 15) is 18.0 Å². The molecule has 2 aliphatic rings. The third-order valence-electron chi connectivity index (χ3n) is 5.70. The molecule has 2 aliphatic heterocycles. The van der Waals surface area contributed by atoms with Crippen molar-refractivity contribution in [3.63, 3.8) is 0 Å². The minimum Gasteiger partial charge on any atom is -0.335 e. The van der Waals surface area contributed by atoms with Gasteiger partial charge in [-0.1, -0.05) is 17.7 Å². The summed E-state index contributed by atoms with van der Waals surface area (Å²) >= 11 is 5.85. The van der Waals surface area contributed by atoms with E-state index < -0.39 is 10.0 Å². The summed E-state index contributed by atoms with van der Waals surface area (Å²) in [4.78, 5) is 30.8. The van der Waals surface area contributed by atoms with Crippen molar-refractivity contribution in [3.8, 4) is 0 Å². The van der Waals surface area contributed by atoms with Gasteiger partial charge in [0.15, 0.2) is 0 Å². The summed E-state index contributed by atoms with van der Waals surface area (Å²) in [5, 5.41) is 0.503. The maximum absolute atomic E-state index is 13.0. The first-order valence-corrected chi connectivity index (χ1v) is 12.4. The summed E-state index contributed by atoms with van der Waals surface area (Å²) in [6, 6.07) is 12.3. The van der Waals surface area contributed by atoms with Gasteiger partial charge in [-0.05, 0) is 55.3 Å². The average molecular weight is 477 g/mol. The fourth-order valence-electron chi connectivity index (χ4n) is 3.92. The van der Waals surface area contributed by atoms with E-state index in [4.69, 9.17) is 11.6 Å². The number of benzene rings is 2. The highest BCUT2D eigenvalue weighted by atomic mass is 35.5. The van der Waals surface area contributed by atoms with Gasteiger partial charge in [-0.15, -0.1) is 0 Å². The van der Waals surface area contributed by atoms with E-state index >= 15 is 0 Å². The average Bonchev–Trinajstić information content (AvgIpc) is 3.35. The number of carbonyl (C=O) groups excluding carboxylic acids is 2. The van der Waals surface area contributed by atoms with Gasteiger partial charge in [-0.2, -0.15) is 0 Å². The summed E-state index contributed by atoms with van der Waals surface area (Å²) < 4.78 is 28.0. The number of hydrogen-bond acceptors (Lipinski definition) is 4. The Labute approximate surface area is 192 Å². The third-order valence-corrected chi connectivity index (χ3v) is 7.33. The molecule has 0 spiro atoms. The number of rotatable bonds is 4. The number of nitrogens with one attached hydrogen (secondary N) is 1. The molecule has 2 saturated heterocycles. The molecule has 2 heterocycles. The van der Waals surface area contributed by atoms with Crippen LogP contribution in [0.15, 0.2) is 53.4 Å². The van der Waals surface area contributed by atoms with Crippen LogP contribution in [0.2, 0.25) is 5.02 Å². The van der Waals surface area contributed by atoms with Crippen molar-refractivity contribution in [2.75, 3.05) is 44.0 Å². The summed E-state index contributed by atoms with van der Waals surface area (Å²) in [5.74, 6) is -0.248. The summed E-state index contributed by atoms with van der Waals surface area (Å²) in [5.41, 5.74) is 0.674. The molecule has 2 aromatic rings. The summed E-state index contributed by atoms with van der Waals surface area (Å²) in [6.07, 6.45) is 2.08. The predicted molar refractivity (Wildman–Crippen MR) is 122 cm³/mol. The van der Waals surface area contributed by atoms with E-state index in [1.54, 1.807) is 46.2 Å². The van der Waals surface area contributed by atoms with Gasteiger partial charge in [0.25, 0.3) is 15.9 Å². The lowest BCUT2D eigenvalue weighted by Crippen LogP contribution is -2.53. The van der Waals surface area contributed by atoms with E-state index in [1.165, 1.54) is 12.1 Å². The first-order valence-electron chi connectivity index (χ1n) is 10.5. The van der Waals surface area contributed by atoms with Crippen molar-refractivity contribution < 1.29 is 18.0 Å². The van der Waals surface area contributed by atoms with Crippen LogP contribution >= 0.6 is 11.6 Å². The molecule has 0 radical (unpaired) electrons. The predicted octanol–water partition coefficient (Wildman–Crippen LogP) is 3.11. The highest BCUT2D eigenvalue weighted by Crippen LogP contribution is 2.20. The number of amides is 3. The maximum atomic E-state index is 13.0. The van der Waals surface area contributed by atoms with Crippen LogP contribution in [0, 0.1) is 0 Å². The second kappa shape index (κ2) is 9.38. The van der Waals surface area contributed by atoms with Crippen LogP contribution in [-0.2, 0) is 10.0 Å². The topological polar surface area (TPSA) is 90.0 Å². The van der Waals surface area contributed by atoms with Crippen molar-refractivity contribution in [1.29, 1.82) is 0 Å². The number of likely N-dealkylation sites (tertiary alicyclic amines) is 1. The fraction of sp³-hybridized carbons (Fsp3) is 0.364. The smallest absolute Gasteiger partial charge is 0.320 e. The van der Waals surface area contributed by atoms with Crippen LogP contribution in [0.3, 0.4) is 0 Å². The molecule has 0 saturated carbocycles. The number of carbonyl (C=O) groups is 2. The molecule has 2 fully saturated rings. The van der Waals surface area contributed by atoms with Crippen LogP contribution in [0.4, 0.5) is 10.5 Å². The Balaban J connectivity index is 1.41. The van der Waals surface area contributed by atoms with E-state index in [-0.39, 0.29) is 16.8 Å². The van der Waals surface area contributed by atoms with Gasteiger partial charge in [0.1, 0.15) is 0 Å². The SMILES string of the molecule is O=C(c1cccc(S(=O)(=O)Nc2ccc(Cl)cc2)c1)N1CCN(C(=O)N2CCCC2)CC1. The van der Waals surface area contributed by atoms with Gasteiger partial charge in [-0.25, -0.2) is 13.2 Å². The number of halogens is 1. The van der Waals surface area contributed by atoms with Crippen LogP contribution in [0.1, 0.15) is 23.2 Å². The first-order chi connectivity index (χ1) is 15.3. The number of nitrogens with zero attached hydrogens (tertiary/aromatic N) is 3. The Kier molecular flexibility index (Phi) is 6.57. The van der Waals surface area contributed by atoms with E-state index in [0.717, 1.165) is 25.9 Å². The van der Waals surface area contributed by atoms with Gasteiger partial charge >= 0.3 is 6.03 Å². The Morgan fingerprint density at radius 1 is 0.812 bits per heavy atom. The largest absolute Gasteiger partial charge is 0.335 e.